The number of aryl methyl sites for hydroxylation is 2. The number of aliphatic hydroxyl groups is 1. The van der Waals surface area contributed by atoms with Gasteiger partial charge in [-0.2, -0.15) is 5.10 Å². The molecule has 0 saturated heterocycles. The molecule has 1 heterocycles. The highest BCUT2D eigenvalue weighted by atomic mass is 35.5. The van der Waals surface area contributed by atoms with Crippen LogP contribution in [0.1, 0.15) is 38.6 Å². The third-order valence-corrected chi connectivity index (χ3v) is 3.36. The number of hydrogen-bond acceptors (Lipinski definition) is 3. The zero-order valence-corrected chi connectivity index (χ0v) is 11.6. The van der Waals surface area contributed by atoms with Crippen LogP contribution < -0.4 is 5.73 Å². The summed E-state index contributed by atoms with van der Waals surface area (Å²) in [5, 5.41) is 15.3. The Morgan fingerprint density at radius 3 is 2.59 bits per heavy atom. The SMILES string of the molecule is CCc1nn(CC)c(CC(C)(O)CCN)c1Cl. The average Bonchev–Trinajstić information content (AvgIpc) is 2.55. The first-order valence-electron chi connectivity index (χ1n) is 6.11. The van der Waals surface area contributed by atoms with Gasteiger partial charge in [-0.05, 0) is 33.2 Å². The third-order valence-electron chi connectivity index (χ3n) is 2.93. The van der Waals surface area contributed by atoms with Gasteiger partial charge in [0.25, 0.3) is 0 Å². The predicted octanol–water partition coefficient (Wildman–Crippen LogP) is 1.76. The van der Waals surface area contributed by atoms with Gasteiger partial charge in [-0.3, -0.25) is 4.68 Å². The fourth-order valence-electron chi connectivity index (χ4n) is 1.95. The smallest absolute Gasteiger partial charge is 0.0850 e. The summed E-state index contributed by atoms with van der Waals surface area (Å²) in [4.78, 5) is 0. The van der Waals surface area contributed by atoms with Crippen molar-refractivity contribution < 1.29 is 5.11 Å². The van der Waals surface area contributed by atoms with Crippen molar-refractivity contribution in [2.45, 2.75) is 52.2 Å². The molecule has 1 rings (SSSR count). The highest BCUT2D eigenvalue weighted by Crippen LogP contribution is 2.26. The molecule has 17 heavy (non-hydrogen) atoms. The molecule has 0 aliphatic rings. The zero-order valence-electron chi connectivity index (χ0n) is 10.8. The zero-order chi connectivity index (χ0) is 13.1. The fraction of sp³-hybridized carbons (Fsp3) is 0.750. The lowest BCUT2D eigenvalue weighted by Crippen LogP contribution is -2.31. The maximum absolute atomic E-state index is 10.2. The monoisotopic (exact) mass is 259 g/mol. The van der Waals surface area contributed by atoms with Gasteiger partial charge in [0, 0.05) is 13.0 Å². The quantitative estimate of drug-likeness (QED) is 0.818. The normalized spacial score (nSPS) is 14.9. The molecule has 1 aromatic rings. The van der Waals surface area contributed by atoms with E-state index in [1.165, 1.54) is 0 Å². The summed E-state index contributed by atoms with van der Waals surface area (Å²) < 4.78 is 1.87. The van der Waals surface area contributed by atoms with E-state index in [0.717, 1.165) is 24.4 Å². The first kappa shape index (κ1) is 14.5. The first-order chi connectivity index (χ1) is 7.95. The number of hydrogen-bond donors (Lipinski definition) is 2. The highest BCUT2D eigenvalue weighted by Gasteiger charge is 2.25. The van der Waals surface area contributed by atoms with E-state index in [9.17, 15) is 5.11 Å². The molecule has 5 heteroatoms. The summed E-state index contributed by atoms with van der Waals surface area (Å²) in [5.41, 5.74) is 6.47. The fourth-order valence-corrected chi connectivity index (χ4v) is 2.28. The van der Waals surface area contributed by atoms with Crippen LogP contribution in [0.2, 0.25) is 5.02 Å². The molecule has 0 spiro atoms. The molecule has 0 aliphatic heterocycles. The number of rotatable bonds is 6. The van der Waals surface area contributed by atoms with Gasteiger partial charge < -0.3 is 10.8 Å². The molecule has 1 aromatic heterocycles. The van der Waals surface area contributed by atoms with Crippen LogP contribution in [0.4, 0.5) is 0 Å². The minimum absolute atomic E-state index is 0.464. The molecule has 0 bridgehead atoms. The topological polar surface area (TPSA) is 64.1 Å². The standard InChI is InChI=1S/C12H22ClN3O/c1-4-9-11(13)10(16(5-2)15-9)8-12(3,17)6-7-14/h17H,4-8,14H2,1-3H3. The van der Waals surface area contributed by atoms with Crippen molar-refractivity contribution in [1.29, 1.82) is 0 Å². The second kappa shape index (κ2) is 5.85. The van der Waals surface area contributed by atoms with Crippen molar-refractivity contribution in [2.75, 3.05) is 6.54 Å². The lowest BCUT2D eigenvalue weighted by molar-refractivity contribution is 0.0518. The molecule has 0 aliphatic carbocycles. The maximum atomic E-state index is 10.2. The Hall–Kier alpha value is -0.580. The Morgan fingerprint density at radius 1 is 1.47 bits per heavy atom. The van der Waals surface area contributed by atoms with Crippen LogP contribution in [0.15, 0.2) is 0 Å². The van der Waals surface area contributed by atoms with Crippen LogP contribution in [0.25, 0.3) is 0 Å². The van der Waals surface area contributed by atoms with E-state index < -0.39 is 5.60 Å². The van der Waals surface area contributed by atoms with Crippen molar-refractivity contribution >= 4 is 11.6 Å². The van der Waals surface area contributed by atoms with Crippen molar-refractivity contribution in [3.8, 4) is 0 Å². The minimum Gasteiger partial charge on any atom is -0.390 e. The van der Waals surface area contributed by atoms with Crippen LogP contribution in [0.5, 0.6) is 0 Å². The summed E-state index contributed by atoms with van der Waals surface area (Å²) in [5.74, 6) is 0. The molecular formula is C12H22ClN3O. The number of nitrogens with two attached hydrogens (primary N) is 1. The molecule has 0 saturated carbocycles. The van der Waals surface area contributed by atoms with Crippen molar-refractivity contribution in [1.82, 2.24) is 9.78 Å². The van der Waals surface area contributed by atoms with Crippen molar-refractivity contribution in [2.24, 2.45) is 5.73 Å². The second-order valence-corrected chi connectivity index (χ2v) is 4.97. The van der Waals surface area contributed by atoms with E-state index in [0.29, 0.717) is 24.4 Å². The van der Waals surface area contributed by atoms with Gasteiger partial charge in [0.05, 0.1) is 22.0 Å². The average molecular weight is 260 g/mol. The molecule has 0 aromatic carbocycles. The number of nitrogens with zero attached hydrogens (tertiary/aromatic N) is 2. The van der Waals surface area contributed by atoms with Crippen LogP contribution in [-0.2, 0) is 19.4 Å². The number of aromatic nitrogens is 2. The van der Waals surface area contributed by atoms with Crippen LogP contribution >= 0.6 is 11.6 Å². The second-order valence-electron chi connectivity index (χ2n) is 4.59. The Bertz CT molecular complexity index is 374. The van der Waals surface area contributed by atoms with Gasteiger partial charge in [0.1, 0.15) is 0 Å². The van der Waals surface area contributed by atoms with Crippen LogP contribution in [0.3, 0.4) is 0 Å². The van der Waals surface area contributed by atoms with Crippen LogP contribution in [0, 0.1) is 0 Å². The highest BCUT2D eigenvalue weighted by molar-refractivity contribution is 6.31. The van der Waals surface area contributed by atoms with Gasteiger partial charge in [-0.1, -0.05) is 18.5 Å². The maximum Gasteiger partial charge on any atom is 0.0850 e. The Morgan fingerprint density at radius 2 is 2.12 bits per heavy atom. The molecule has 1 unspecified atom stereocenters. The molecule has 98 valence electrons. The minimum atomic E-state index is -0.823. The molecule has 3 N–H and O–H groups in total. The summed E-state index contributed by atoms with van der Waals surface area (Å²) in [6, 6.07) is 0. The first-order valence-corrected chi connectivity index (χ1v) is 6.49. The van der Waals surface area contributed by atoms with E-state index >= 15 is 0 Å². The van der Waals surface area contributed by atoms with Gasteiger partial charge in [0.2, 0.25) is 0 Å². The summed E-state index contributed by atoms with van der Waals surface area (Å²) >= 11 is 6.29. The Labute approximate surface area is 108 Å². The van der Waals surface area contributed by atoms with Gasteiger partial charge >= 0.3 is 0 Å². The van der Waals surface area contributed by atoms with E-state index in [2.05, 4.69) is 5.10 Å². The van der Waals surface area contributed by atoms with E-state index in [1.54, 1.807) is 6.92 Å². The summed E-state index contributed by atoms with van der Waals surface area (Å²) in [6.45, 7) is 7.05. The van der Waals surface area contributed by atoms with E-state index in [4.69, 9.17) is 17.3 Å². The van der Waals surface area contributed by atoms with E-state index in [1.807, 2.05) is 18.5 Å². The predicted molar refractivity (Wildman–Crippen MR) is 70.3 cm³/mol. The summed E-state index contributed by atoms with van der Waals surface area (Å²) in [7, 11) is 0. The molecule has 0 fully saturated rings. The number of halogens is 1. The Kier molecular flexibility index (Phi) is 4.98. The molecule has 0 amide bonds. The third kappa shape index (κ3) is 3.44. The largest absolute Gasteiger partial charge is 0.390 e. The molecular weight excluding hydrogens is 238 g/mol. The lowest BCUT2D eigenvalue weighted by Gasteiger charge is -2.23. The van der Waals surface area contributed by atoms with Crippen LogP contribution in [-0.4, -0.2) is 27.0 Å². The van der Waals surface area contributed by atoms with Gasteiger partial charge in [0.15, 0.2) is 0 Å². The Balaban J connectivity index is 3.00. The van der Waals surface area contributed by atoms with Crippen molar-refractivity contribution in [3.05, 3.63) is 16.4 Å². The molecule has 0 radical (unpaired) electrons. The summed E-state index contributed by atoms with van der Waals surface area (Å²) in [6.07, 6.45) is 1.85. The lowest BCUT2D eigenvalue weighted by atomic mass is 9.96. The van der Waals surface area contributed by atoms with Gasteiger partial charge in [-0.25, -0.2) is 0 Å². The van der Waals surface area contributed by atoms with E-state index in [-0.39, 0.29) is 0 Å². The van der Waals surface area contributed by atoms with Gasteiger partial charge in [-0.15, -0.1) is 0 Å². The molecule has 1 atom stereocenters. The van der Waals surface area contributed by atoms with Crippen molar-refractivity contribution in [3.63, 3.8) is 0 Å². The molecule has 4 nitrogen and oxygen atoms in total.